The molecule has 0 atom stereocenters. The summed E-state index contributed by atoms with van der Waals surface area (Å²) in [7, 11) is 0. The van der Waals surface area contributed by atoms with Crippen molar-refractivity contribution < 1.29 is 4.74 Å². The molecule has 0 aliphatic carbocycles. The first-order valence-electron chi connectivity index (χ1n) is 7.26. The first-order chi connectivity index (χ1) is 7.62. The first kappa shape index (κ1) is 16.0. The summed E-state index contributed by atoms with van der Waals surface area (Å²) in [5, 5.41) is 0. The van der Waals surface area contributed by atoms with Gasteiger partial charge in [-0.3, -0.25) is 0 Å². The Morgan fingerprint density at radius 2 is 1.31 bits per heavy atom. The minimum Gasteiger partial charge on any atom is -0.376 e. The molecule has 0 rings (SSSR count). The molecule has 98 valence electrons. The first-order valence-corrected chi connectivity index (χ1v) is 7.26. The third kappa shape index (κ3) is 10.5. The lowest BCUT2D eigenvalue weighted by atomic mass is 9.99. The molecule has 0 bridgehead atoms. The molecule has 0 amide bonds. The van der Waals surface area contributed by atoms with E-state index < -0.39 is 0 Å². The fraction of sp³-hybridized carbons (Fsp3) is 1.00. The standard InChI is InChI=1S/C15H32O/c1-5-7-8-9-10-11-12-13-15(3,4)16-14-6-2/h5-14H2,1-4H3. The van der Waals surface area contributed by atoms with Crippen LogP contribution >= 0.6 is 0 Å². The number of ether oxygens (including phenoxy) is 1. The minimum absolute atomic E-state index is 0.0967. The van der Waals surface area contributed by atoms with Crippen molar-refractivity contribution in [2.24, 2.45) is 0 Å². The van der Waals surface area contributed by atoms with E-state index in [1.807, 2.05) is 0 Å². The van der Waals surface area contributed by atoms with Crippen molar-refractivity contribution in [3.05, 3.63) is 0 Å². The monoisotopic (exact) mass is 228 g/mol. The molecule has 0 radical (unpaired) electrons. The van der Waals surface area contributed by atoms with Gasteiger partial charge in [0.05, 0.1) is 5.60 Å². The second kappa shape index (κ2) is 10.1. The van der Waals surface area contributed by atoms with Gasteiger partial charge in [-0.05, 0) is 26.7 Å². The Bertz CT molecular complexity index is 140. The molecule has 0 saturated heterocycles. The summed E-state index contributed by atoms with van der Waals surface area (Å²) in [6.45, 7) is 9.79. The van der Waals surface area contributed by atoms with Crippen LogP contribution in [0.25, 0.3) is 0 Å². The molecule has 1 nitrogen and oxygen atoms in total. The molecule has 0 aromatic heterocycles. The van der Waals surface area contributed by atoms with Crippen LogP contribution in [0, 0.1) is 0 Å². The molecular formula is C15H32O. The summed E-state index contributed by atoms with van der Waals surface area (Å²) in [5.41, 5.74) is 0.0967. The topological polar surface area (TPSA) is 9.23 Å². The summed E-state index contributed by atoms with van der Waals surface area (Å²) in [5.74, 6) is 0. The van der Waals surface area contributed by atoms with Gasteiger partial charge in [0.2, 0.25) is 0 Å². The third-order valence-corrected chi connectivity index (χ3v) is 3.08. The van der Waals surface area contributed by atoms with Crippen LogP contribution in [-0.4, -0.2) is 12.2 Å². The van der Waals surface area contributed by atoms with E-state index in [0.717, 1.165) is 13.0 Å². The van der Waals surface area contributed by atoms with Crippen molar-refractivity contribution in [1.29, 1.82) is 0 Å². The maximum atomic E-state index is 5.82. The molecule has 0 unspecified atom stereocenters. The molecule has 0 spiro atoms. The summed E-state index contributed by atoms with van der Waals surface area (Å²) in [6, 6.07) is 0. The summed E-state index contributed by atoms with van der Waals surface area (Å²) in [6.07, 6.45) is 12.0. The lowest BCUT2D eigenvalue weighted by Crippen LogP contribution is -2.24. The van der Waals surface area contributed by atoms with Crippen molar-refractivity contribution in [2.75, 3.05) is 6.61 Å². The van der Waals surface area contributed by atoms with Gasteiger partial charge in [0.25, 0.3) is 0 Å². The van der Waals surface area contributed by atoms with E-state index in [9.17, 15) is 0 Å². The van der Waals surface area contributed by atoms with Crippen LogP contribution in [-0.2, 0) is 4.74 Å². The van der Waals surface area contributed by atoms with Crippen LogP contribution in [0.2, 0.25) is 0 Å². The second-order valence-corrected chi connectivity index (χ2v) is 5.48. The molecule has 0 aliphatic rings. The Hall–Kier alpha value is -0.0400. The van der Waals surface area contributed by atoms with E-state index in [0.29, 0.717) is 0 Å². The smallest absolute Gasteiger partial charge is 0.0626 e. The van der Waals surface area contributed by atoms with Crippen molar-refractivity contribution >= 4 is 0 Å². The highest BCUT2D eigenvalue weighted by atomic mass is 16.5. The Morgan fingerprint density at radius 1 is 0.750 bits per heavy atom. The van der Waals surface area contributed by atoms with E-state index in [4.69, 9.17) is 4.74 Å². The van der Waals surface area contributed by atoms with Gasteiger partial charge >= 0.3 is 0 Å². The van der Waals surface area contributed by atoms with Crippen LogP contribution < -0.4 is 0 Å². The van der Waals surface area contributed by atoms with Crippen LogP contribution in [0.4, 0.5) is 0 Å². The lowest BCUT2D eigenvalue weighted by Gasteiger charge is -2.25. The highest BCUT2D eigenvalue weighted by Gasteiger charge is 2.16. The van der Waals surface area contributed by atoms with Crippen molar-refractivity contribution in [3.8, 4) is 0 Å². The average Bonchev–Trinajstić information content (AvgIpc) is 2.25. The van der Waals surface area contributed by atoms with Gasteiger partial charge in [0.1, 0.15) is 0 Å². The van der Waals surface area contributed by atoms with Crippen LogP contribution in [0.15, 0.2) is 0 Å². The molecular weight excluding hydrogens is 196 g/mol. The van der Waals surface area contributed by atoms with Gasteiger partial charge in [-0.15, -0.1) is 0 Å². The zero-order valence-electron chi connectivity index (χ0n) is 12.0. The molecule has 0 N–H and O–H groups in total. The summed E-state index contributed by atoms with van der Waals surface area (Å²) >= 11 is 0. The van der Waals surface area contributed by atoms with Crippen molar-refractivity contribution in [2.45, 2.75) is 91.1 Å². The Balaban J connectivity index is 3.29. The maximum Gasteiger partial charge on any atom is 0.0626 e. The van der Waals surface area contributed by atoms with E-state index >= 15 is 0 Å². The molecule has 0 fully saturated rings. The molecule has 0 heterocycles. The highest BCUT2D eigenvalue weighted by Crippen LogP contribution is 2.19. The van der Waals surface area contributed by atoms with Gasteiger partial charge in [-0.25, -0.2) is 0 Å². The molecule has 0 aromatic rings. The third-order valence-electron chi connectivity index (χ3n) is 3.08. The Morgan fingerprint density at radius 3 is 1.88 bits per heavy atom. The molecule has 0 saturated carbocycles. The van der Waals surface area contributed by atoms with E-state index in [2.05, 4.69) is 27.7 Å². The zero-order valence-corrected chi connectivity index (χ0v) is 12.0. The van der Waals surface area contributed by atoms with Crippen LogP contribution in [0.3, 0.4) is 0 Å². The largest absolute Gasteiger partial charge is 0.376 e. The highest BCUT2D eigenvalue weighted by molar-refractivity contribution is 4.68. The number of rotatable bonds is 11. The van der Waals surface area contributed by atoms with Gasteiger partial charge in [0, 0.05) is 6.61 Å². The van der Waals surface area contributed by atoms with Gasteiger partial charge in [-0.2, -0.15) is 0 Å². The second-order valence-electron chi connectivity index (χ2n) is 5.48. The number of hydrogen-bond donors (Lipinski definition) is 0. The summed E-state index contributed by atoms with van der Waals surface area (Å²) in [4.78, 5) is 0. The molecule has 16 heavy (non-hydrogen) atoms. The minimum atomic E-state index is 0.0967. The van der Waals surface area contributed by atoms with E-state index in [1.165, 1.54) is 51.4 Å². The van der Waals surface area contributed by atoms with E-state index in [1.54, 1.807) is 0 Å². The lowest BCUT2D eigenvalue weighted by molar-refractivity contribution is -0.0246. The zero-order chi connectivity index (χ0) is 12.3. The fourth-order valence-corrected chi connectivity index (χ4v) is 1.96. The van der Waals surface area contributed by atoms with Crippen molar-refractivity contribution in [1.82, 2.24) is 0 Å². The van der Waals surface area contributed by atoms with Crippen LogP contribution in [0.1, 0.15) is 85.5 Å². The average molecular weight is 228 g/mol. The van der Waals surface area contributed by atoms with Gasteiger partial charge in [-0.1, -0.05) is 58.8 Å². The Labute approximate surface area is 103 Å². The predicted molar refractivity (Wildman–Crippen MR) is 72.9 cm³/mol. The fourth-order valence-electron chi connectivity index (χ4n) is 1.96. The number of hydrogen-bond acceptors (Lipinski definition) is 1. The molecule has 0 aliphatic heterocycles. The van der Waals surface area contributed by atoms with Gasteiger partial charge in [0.15, 0.2) is 0 Å². The van der Waals surface area contributed by atoms with Crippen LogP contribution in [0.5, 0.6) is 0 Å². The molecule has 1 heteroatoms. The SMILES string of the molecule is CCCCCCCCCC(C)(C)OCCC. The quantitative estimate of drug-likeness (QED) is 0.434. The van der Waals surface area contributed by atoms with Gasteiger partial charge < -0.3 is 4.74 Å². The predicted octanol–water partition coefficient (Wildman–Crippen LogP) is 5.33. The normalized spacial score (nSPS) is 12.0. The maximum absolute atomic E-state index is 5.82. The number of unbranched alkanes of at least 4 members (excludes halogenated alkanes) is 6. The van der Waals surface area contributed by atoms with E-state index in [-0.39, 0.29) is 5.60 Å². The van der Waals surface area contributed by atoms with Crippen molar-refractivity contribution in [3.63, 3.8) is 0 Å². The summed E-state index contributed by atoms with van der Waals surface area (Å²) < 4.78 is 5.82. The Kier molecular flexibility index (Phi) is 10.1. The molecule has 0 aromatic carbocycles.